The Bertz CT molecular complexity index is 550. The normalized spacial score (nSPS) is 10.5. The summed E-state index contributed by atoms with van der Waals surface area (Å²) in [7, 11) is 0. The van der Waals surface area contributed by atoms with E-state index in [-0.39, 0.29) is 5.88 Å². The third-order valence-electron chi connectivity index (χ3n) is 2.31. The molecular formula is C13H12F2N2O2. The van der Waals surface area contributed by atoms with E-state index in [0.29, 0.717) is 23.6 Å². The first kappa shape index (κ1) is 13.2. The Morgan fingerprint density at radius 2 is 2.05 bits per heavy atom. The maximum absolute atomic E-state index is 12.2. The van der Waals surface area contributed by atoms with Crippen LogP contribution in [0.1, 0.15) is 6.92 Å². The Balaban J connectivity index is 2.36. The van der Waals surface area contributed by atoms with Crippen LogP contribution < -0.4 is 9.47 Å². The third-order valence-corrected chi connectivity index (χ3v) is 2.31. The summed E-state index contributed by atoms with van der Waals surface area (Å²) in [5.41, 5.74) is 1.35. The van der Waals surface area contributed by atoms with E-state index in [0.717, 1.165) is 0 Å². The summed E-state index contributed by atoms with van der Waals surface area (Å²) in [6, 6.07) is 6.63. The number of halogens is 2. The van der Waals surface area contributed by atoms with Gasteiger partial charge in [-0.1, -0.05) is 0 Å². The second kappa shape index (κ2) is 6.08. The number of ether oxygens (including phenoxy) is 2. The predicted octanol–water partition coefficient (Wildman–Crippen LogP) is 3.14. The average molecular weight is 266 g/mol. The summed E-state index contributed by atoms with van der Waals surface area (Å²) >= 11 is 0. The molecule has 2 aromatic heterocycles. The van der Waals surface area contributed by atoms with Crippen LogP contribution in [0, 0.1) is 0 Å². The molecule has 0 aliphatic heterocycles. The summed E-state index contributed by atoms with van der Waals surface area (Å²) in [6.45, 7) is -0.589. The zero-order chi connectivity index (χ0) is 13.7. The molecule has 2 heterocycles. The number of pyridine rings is 2. The van der Waals surface area contributed by atoms with Crippen LogP contribution in [0.3, 0.4) is 0 Å². The van der Waals surface area contributed by atoms with E-state index in [4.69, 9.17) is 4.74 Å². The number of aromatic nitrogens is 2. The maximum atomic E-state index is 12.2. The van der Waals surface area contributed by atoms with Crippen molar-refractivity contribution in [3.63, 3.8) is 0 Å². The molecule has 0 saturated heterocycles. The molecule has 0 aliphatic rings. The van der Waals surface area contributed by atoms with Crippen LogP contribution in [-0.2, 0) is 0 Å². The standard InChI is InChI=1S/C13H12F2N2O2/c1-2-18-12-10(4-3-6-17-12)9-5-7-16-11(8-9)19-13(14)15/h3-8,13H,2H2,1H3. The van der Waals surface area contributed by atoms with Crippen LogP contribution in [0.5, 0.6) is 11.8 Å². The fourth-order valence-electron chi connectivity index (χ4n) is 1.59. The number of alkyl halides is 2. The lowest BCUT2D eigenvalue weighted by atomic mass is 10.1. The maximum Gasteiger partial charge on any atom is 0.388 e. The van der Waals surface area contributed by atoms with E-state index in [9.17, 15) is 8.78 Å². The van der Waals surface area contributed by atoms with Crippen LogP contribution in [0.15, 0.2) is 36.7 Å². The highest BCUT2D eigenvalue weighted by atomic mass is 19.3. The van der Waals surface area contributed by atoms with Gasteiger partial charge in [-0.3, -0.25) is 0 Å². The monoisotopic (exact) mass is 266 g/mol. The van der Waals surface area contributed by atoms with Crippen molar-refractivity contribution < 1.29 is 18.3 Å². The molecule has 0 radical (unpaired) electrons. The SMILES string of the molecule is CCOc1ncccc1-c1ccnc(OC(F)F)c1. The Kier molecular flexibility index (Phi) is 4.22. The quantitative estimate of drug-likeness (QED) is 0.834. The first-order valence-electron chi connectivity index (χ1n) is 5.69. The lowest BCUT2D eigenvalue weighted by Crippen LogP contribution is -2.03. The van der Waals surface area contributed by atoms with E-state index < -0.39 is 6.61 Å². The summed E-state index contributed by atoms with van der Waals surface area (Å²) in [5.74, 6) is 0.304. The zero-order valence-corrected chi connectivity index (χ0v) is 10.2. The van der Waals surface area contributed by atoms with Gasteiger partial charge in [-0.2, -0.15) is 8.78 Å². The number of hydrogen-bond donors (Lipinski definition) is 0. The molecule has 100 valence electrons. The molecule has 19 heavy (non-hydrogen) atoms. The second-order valence-electron chi connectivity index (χ2n) is 3.55. The van der Waals surface area contributed by atoms with Gasteiger partial charge in [0, 0.05) is 24.0 Å². The van der Waals surface area contributed by atoms with Crippen LogP contribution >= 0.6 is 0 Å². The first-order valence-corrected chi connectivity index (χ1v) is 5.69. The van der Waals surface area contributed by atoms with Gasteiger partial charge < -0.3 is 9.47 Å². The number of hydrogen-bond acceptors (Lipinski definition) is 4. The van der Waals surface area contributed by atoms with Gasteiger partial charge in [-0.15, -0.1) is 0 Å². The molecule has 6 heteroatoms. The van der Waals surface area contributed by atoms with Gasteiger partial charge in [0.05, 0.1) is 6.61 Å². The molecule has 0 amide bonds. The summed E-state index contributed by atoms with van der Waals surface area (Å²) in [5, 5.41) is 0. The molecule has 0 N–H and O–H groups in total. The van der Waals surface area contributed by atoms with Crippen molar-refractivity contribution in [1.29, 1.82) is 0 Å². The van der Waals surface area contributed by atoms with Crippen LogP contribution in [0.4, 0.5) is 8.78 Å². The molecule has 0 aromatic carbocycles. The van der Waals surface area contributed by atoms with Crippen LogP contribution in [0.2, 0.25) is 0 Å². The topological polar surface area (TPSA) is 44.2 Å². The summed E-state index contributed by atoms with van der Waals surface area (Å²) < 4.78 is 34.0. The molecule has 0 atom stereocenters. The summed E-state index contributed by atoms with van der Waals surface area (Å²) in [6.07, 6.45) is 3.00. The molecule has 4 nitrogen and oxygen atoms in total. The Hall–Kier alpha value is -2.24. The van der Waals surface area contributed by atoms with E-state index in [1.165, 1.54) is 12.3 Å². The van der Waals surface area contributed by atoms with Gasteiger partial charge in [0.1, 0.15) is 0 Å². The van der Waals surface area contributed by atoms with Crippen molar-refractivity contribution in [2.24, 2.45) is 0 Å². The van der Waals surface area contributed by atoms with Gasteiger partial charge in [0.2, 0.25) is 11.8 Å². The van der Waals surface area contributed by atoms with Gasteiger partial charge in [0.15, 0.2) is 0 Å². The highest BCUT2D eigenvalue weighted by molar-refractivity contribution is 5.68. The number of nitrogens with zero attached hydrogens (tertiary/aromatic N) is 2. The predicted molar refractivity (Wildman–Crippen MR) is 65.3 cm³/mol. The highest BCUT2D eigenvalue weighted by Gasteiger charge is 2.10. The lowest BCUT2D eigenvalue weighted by Gasteiger charge is -2.09. The van der Waals surface area contributed by atoms with E-state index in [2.05, 4.69) is 14.7 Å². The fourth-order valence-corrected chi connectivity index (χ4v) is 1.59. The molecule has 0 fully saturated rings. The molecule has 2 rings (SSSR count). The lowest BCUT2D eigenvalue weighted by molar-refractivity contribution is -0.0528. The van der Waals surface area contributed by atoms with Crippen molar-refractivity contribution in [2.45, 2.75) is 13.5 Å². The van der Waals surface area contributed by atoms with Crippen molar-refractivity contribution in [1.82, 2.24) is 9.97 Å². The van der Waals surface area contributed by atoms with Gasteiger partial charge in [-0.05, 0) is 30.7 Å². The largest absolute Gasteiger partial charge is 0.478 e. The molecule has 0 unspecified atom stereocenters. The van der Waals surface area contributed by atoms with Gasteiger partial charge in [-0.25, -0.2) is 9.97 Å². The molecule has 2 aromatic rings. The van der Waals surface area contributed by atoms with Crippen molar-refractivity contribution in [2.75, 3.05) is 6.61 Å². The van der Waals surface area contributed by atoms with Crippen molar-refractivity contribution in [3.8, 4) is 22.9 Å². The number of rotatable bonds is 5. The molecule has 0 spiro atoms. The smallest absolute Gasteiger partial charge is 0.388 e. The van der Waals surface area contributed by atoms with E-state index in [1.807, 2.05) is 6.92 Å². The average Bonchev–Trinajstić information content (AvgIpc) is 2.39. The van der Waals surface area contributed by atoms with E-state index >= 15 is 0 Å². The first-order chi connectivity index (χ1) is 9.20. The van der Waals surface area contributed by atoms with Crippen LogP contribution in [0.25, 0.3) is 11.1 Å². The highest BCUT2D eigenvalue weighted by Crippen LogP contribution is 2.29. The minimum absolute atomic E-state index is 0.140. The van der Waals surface area contributed by atoms with Gasteiger partial charge in [0.25, 0.3) is 0 Å². The molecular weight excluding hydrogens is 254 g/mol. The molecule has 0 bridgehead atoms. The Labute approximate surface area is 109 Å². The van der Waals surface area contributed by atoms with Crippen LogP contribution in [-0.4, -0.2) is 23.2 Å². The van der Waals surface area contributed by atoms with Crippen molar-refractivity contribution >= 4 is 0 Å². The Morgan fingerprint density at radius 1 is 1.21 bits per heavy atom. The third kappa shape index (κ3) is 3.37. The molecule has 0 aliphatic carbocycles. The fraction of sp³-hybridized carbons (Fsp3) is 0.231. The Morgan fingerprint density at radius 3 is 2.79 bits per heavy atom. The zero-order valence-electron chi connectivity index (χ0n) is 10.2. The van der Waals surface area contributed by atoms with Crippen molar-refractivity contribution in [3.05, 3.63) is 36.7 Å². The minimum atomic E-state index is -2.90. The second-order valence-corrected chi connectivity index (χ2v) is 3.55. The van der Waals surface area contributed by atoms with E-state index in [1.54, 1.807) is 24.4 Å². The molecule has 0 saturated carbocycles. The van der Waals surface area contributed by atoms with Gasteiger partial charge >= 0.3 is 6.61 Å². The summed E-state index contributed by atoms with van der Waals surface area (Å²) in [4.78, 5) is 7.82. The minimum Gasteiger partial charge on any atom is -0.478 e.